The molecule has 72 valence electrons. The maximum Gasteiger partial charge on any atom is 0.340 e. The quantitative estimate of drug-likeness (QED) is 0.854. The van der Waals surface area contributed by atoms with Crippen LogP contribution >= 0.6 is 33.9 Å². The highest BCUT2D eigenvalue weighted by Crippen LogP contribution is 2.18. The second-order valence-corrected chi connectivity index (χ2v) is 4.28. The van der Waals surface area contributed by atoms with Gasteiger partial charge in [0.2, 0.25) is 5.13 Å². The van der Waals surface area contributed by atoms with Gasteiger partial charge in [0.15, 0.2) is 0 Å². The van der Waals surface area contributed by atoms with Crippen molar-refractivity contribution in [2.75, 3.05) is 0 Å². The van der Waals surface area contributed by atoms with Crippen molar-refractivity contribution >= 4 is 39.9 Å². The molecule has 0 atom stereocenters. The van der Waals surface area contributed by atoms with Crippen LogP contribution < -0.4 is 0 Å². The minimum Gasteiger partial charge on any atom is -0.478 e. The van der Waals surface area contributed by atoms with E-state index in [0.29, 0.717) is 8.83 Å². The van der Waals surface area contributed by atoms with Crippen molar-refractivity contribution in [2.45, 2.75) is 0 Å². The number of hydrogen-bond acceptors (Lipinski definition) is 4. The molecule has 0 fully saturated rings. The van der Waals surface area contributed by atoms with Gasteiger partial charge in [-0.2, -0.15) is 9.78 Å². The average Bonchev–Trinajstić information content (AvgIpc) is 2.71. The fraction of sp³-hybridized carbons (Fsp3) is 0. The molecule has 14 heavy (non-hydrogen) atoms. The van der Waals surface area contributed by atoms with Crippen LogP contribution in [0.3, 0.4) is 0 Å². The summed E-state index contributed by atoms with van der Waals surface area (Å²) in [6, 6.07) is 0. The molecule has 0 bridgehead atoms. The maximum atomic E-state index is 10.7. The number of thiazole rings is 1. The molecular formula is C7H4IN3O2S. The molecule has 2 heterocycles. The number of rotatable bonds is 2. The van der Waals surface area contributed by atoms with Gasteiger partial charge in [0.05, 0.1) is 6.20 Å². The topological polar surface area (TPSA) is 68.0 Å². The first kappa shape index (κ1) is 9.59. The highest BCUT2D eigenvalue weighted by molar-refractivity contribution is 14.1. The summed E-state index contributed by atoms with van der Waals surface area (Å²) in [6.45, 7) is 0. The molecule has 1 N–H and O–H groups in total. The molecule has 7 heteroatoms. The van der Waals surface area contributed by atoms with Gasteiger partial charge in [-0.1, -0.05) is 0 Å². The minimum atomic E-state index is -0.975. The van der Waals surface area contributed by atoms with Crippen LogP contribution in [0.15, 0.2) is 17.8 Å². The number of halogens is 1. The minimum absolute atomic E-state index is 0.195. The van der Waals surface area contributed by atoms with Gasteiger partial charge < -0.3 is 5.11 Å². The summed E-state index contributed by atoms with van der Waals surface area (Å²) in [5.41, 5.74) is 0.195. The molecule has 0 aromatic carbocycles. The van der Waals surface area contributed by atoms with Crippen LogP contribution in [-0.4, -0.2) is 25.8 Å². The van der Waals surface area contributed by atoms with Gasteiger partial charge in [0.25, 0.3) is 0 Å². The van der Waals surface area contributed by atoms with Crippen LogP contribution in [0.1, 0.15) is 10.4 Å². The Hall–Kier alpha value is -0.960. The summed E-state index contributed by atoms with van der Waals surface area (Å²) in [4.78, 5) is 14.8. The van der Waals surface area contributed by atoms with Gasteiger partial charge >= 0.3 is 5.97 Å². The third kappa shape index (κ3) is 1.52. The first-order valence-electron chi connectivity index (χ1n) is 3.57. The lowest BCUT2D eigenvalue weighted by Crippen LogP contribution is -2.01. The first-order valence-corrected chi connectivity index (χ1v) is 5.52. The Morgan fingerprint density at radius 3 is 2.93 bits per heavy atom. The third-order valence-corrected chi connectivity index (χ3v) is 3.33. The Bertz CT molecular complexity index is 465. The molecule has 0 saturated carbocycles. The summed E-state index contributed by atoms with van der Waals surface area (Å²) in [6.07, 6.45) is 2.98. The molecule has 2 aromatic heterocycles. The molecule has 0 aliphatic carbocycles. The molecular weight excluding hydrogens is 317 g/mol. The lowest BCUT2D eigenvalue weighted by Gasteiger charge is -1.96. The molecule has 0 spiro atoms. The molecule has 0 unspecified atom stereocenters. The van der Waals surface area contributed by atoms with Gasteiger partial charge in [-0.3, -0.25) is 0 Å². The number of carboxylic acid groups (broad SMARTS) is 1. The first-order chi connectivity index (χ1) is 6.70. The van der Waals surface area contributed by atoms with E-state index in [4.69, 9.17) is 5.11 Å². The van der Waals surface area contributed by atoms with E-state index >= 15 is 0 Å². The normalized spacial score (nSPS) is 10.4. The van der Waals surface area contributed by atoms with E-state index in [1.54, 1.807) is 6.20 Å². The number of aromatic nitrogens is 3. The average molecular weight is 321 g/mol. The highest BCUT2D eigenvalue weighted by Gasteiger charge is 2.15. The van der Waals surface area contributed by atoms with Gasteiger partial charge in [-0.15, -0.1) is 11.3 Å². The van der Waals surface area contributed by atoms with E-state index in [9.17, 15) is 4.79 Å². The molecule has 0 saturated heterocycles. The predicted molar refractivity (Wildman–Crippen MR) is 58.9 cm³/mol. The maximum absolute atomic E-state index is 10.7. The second-order valence-electron chi connectivity index (χ2n) is 2.38. The summed E-state index contributed by atoms with van der Waals surface area (Å²) < 4.78 is 2.07. The number of aromatic carboxylic acids is 1. The van der Waals surface area contributed by atoms with Crippen molar-refractivity contribution in [1.29, 1.82) is 0 Å². The van der Waals surface area contributed by atoms with Crippen molar-refractivity contribution in [3.63, 3.8) is 0 Å². The molecule has 5 nitrogen and oxygen atoms in total. The van der Waals surface area contributed by atoms with Crippen LogP contribution in [0, 0.1) is 3.70 Å². The van der Waals surface area contributed by atoms with Crippen molar-refractivity contribution in [3.05, 3.63) is 27.0 Å². The van der Waals surface area contributed by atoms with Crippen LogP contribution in [-0.2, 0) is 0 Å². The summed E-state index contributed by atoms with van der Waals surface area (Å²) >= 11 is 3.35. The number of carboxylic acids is 1. The fourth-order valence-electron chi connectivity index (χ4n) is 0.931. The summed E-state index contributed by atoms with van der Waals surface area (Å²) in [5, 5.41) is 15.2. The molecule has 0 aliphatic rings. The van der Waals surface area contributed by atoms with Crippen LogP contribution in [0.2, 0.25) is 0 Å². The van der Waals surface area contributed by atoms with E-state index in [0.717, 1.165) is 0 Å². The summed E-state index contributed by atoms with van der Waals surface area (Å²) in [7, 11) is 0. The van der Waals surface area contributed by atoms with Gasteiger partial charge in [0.1, 0.15) is 9.26 Å². The van der Waals surface area contributed by atoms with E-state index in [1.807, 2.05) is 28.0 Å². The Labute approximate surface area is 96.5 Å². The van der Waals surface area contributed by atoms with E-state index in [2.05, 4.69) is 10.1 Å². The Morgan fingerprint density at radius 2 is 2.43 bits per heavy atom. The number of hydrogen-bond donors (Lipinski definition) is 1. The Kier molecular flexibility index (Phi) is 2.50. The lowest BCUT2D eigenvalue weighted by molar-refractivity contribution is 0.0695. The van der Waals surface area contributed by atoms with Gasteiger partial charge in [-0.05, 0) is 22.6 Å². The monoisotopic (exact) mass is 321 g/mol. The smallest absolute Gasteiger partial charge is 0.340 e. The lowest BCUT2D eigenvalue weighted by atomic mass is 10.4. The molecule has 2 rings (SSSR count). The predicted octanol–water partition coefficient (Wildman–Crippen LogP) is 1.63. The molecule has 2 aromatic rings. The van der Waals surface area contributed by atoms with Crippen LogP contribution in [0.5, 0.6) is 0 Å². The zero-order valence-corrected chi connectivity index (χ0v) is 9.69. The van der Waals surface area contributed by atoms with Crippen molar-refractivity contribution < 1.29 is 9.90 Å². The SMILES string of the molecule is O=C(O)c1cnn(-c2nccs2)c1I. The summed E-state index contributed by atoms with van der Waals surface area (Å²) in [5.74, 6) is -0.975. The van der Waals surface area contributed by atoms with E-state index in [-0.39, 0.29) is 5.56 Å². The van der Waals surface area contributed by atoms with Gasteiger partial charge in [0, 0.05) is 11.6 Å². The second kappa shape index (κ2) is 3.65. The molecule has 0 radical (unpaired) electrons. The van der Waals surface area contributed by atoms with Crippen molar-refractivity contribution in [1.82, 2.24) is 14.8 Å². The zero-order valence-electron chi connectivity index (χ0n) is 6.72. The standard InChI is InChI=1S/C7H4IN3O2S/c8-5-4(6(12)13)3-10-11(5)7-9-1-2-14-7/h1-3H,(H,12,13). The zero-order chi connectivity index (χ0) is 10.1. The van der Waals surface area contributed by atoms with E-state index < -0.39 is 5.97 Å². The fourth-order valence-corrected chi connectivity index (χ4v) is 2.42. The Morgan fingerprint density at radius 1 is 1.64 bits per heavy atom. The van der Waals surface area contributed by atoms with Crippen LogP contribution in [0.25, 0.3) is 5.13 Å². The van der Waals surface area contributed by atoms with Crippen molar-refractivity contribution in [3.8, 4) is 5.13 Å². The molecule has 0 amide bonds. The largest absolute Gasteiger partial charge is 0.478 e. The molecule has 0 aliphatic heterocycles. The van der Waals surface area contributed by atoms with E-state index in [1.165, 1.54) is 22.2 Å². The highest BCUT2D eigenvalue weighted by atomic mass is 127. The number of nitrogens with zero attached hydrogens (tertiary/aromatic N) is 3. The number of carbonyl (C=O) groups is 1. The van der Waals surface area contributed by atoms with Crippen LogP contribution in [0.4, 0.5) is 0 Å². The Balaban J connectivity index is 2.52. The van der Waals surface area contributed by atoms with Crippen molar-refractivity contribution in [2.24, 2.45) is 0 Å². The third-order valence-electron chi connectivity index (χ3n) is 1.54. The van der Waals surface area contributed by atoms with Gasteiger partial charge in [-0.25, -0.2) is 9.78 Å².